The van der Waals surface area contributed by atoms with Gasteiger partial charge in [-0.3, -0.25) is 0 Å². The van der Waals surface area contributed by atoms with Crippen molar-refractivity contribution in [2.24, 2.45) is 5.92 Å². The molecule has 0 saturated heterocycles. The van der Waals surface area contributed by atoms with Gasteiger partial charge in [-0.1, -0.05) is 19.1 Å². The largest absolute Gasteiger partial charge is 0.362 e. The first kappa shape index (κ1) is 14.4. The zero-order valence-electron chi connectivity index (χ0n) is 14.1. The zero-order chi connectivity index (χ0) is 15.1. The molecular weight excluding hydrogens is 254 g/mol. The number of aryl methyl sites for hydroxylation is 3. The van der Waals surface area contributed by atoms with Crippen LogP contribution in [0.15, 0.2) is 12.1 Å². The van der Waals surface area contributed by atoms with Gasteiger partial charge in [-0.25, -0.2) is 0 Å². The number of aromatic amines is 1. The SMILES string of the molecule is CCc1[nH]c(C)c(CC2CC2)c1-c1ccc(C)c(C)c1C. The highest BCUT2D eigenvalue weighted by atomic mass is 14.7. The average Bonchev–Trinajstić information content (AvgIpc) is 3.23. The maximum Gasteiger partial charge on any atom is 0.0229 e. The Morgan fingerprint density at radius 3 is 2.38 bits per heavy atom. The van der Waals surface area contributed by atoms with Gasteiger partial charge < -0.3 is 4.98 Å². The van der Waals surface area contributed by atoms with Gasteiger partial charge in [0.1, 0.15) is 0 Å². The molecule has 0 amide bonds. The Balaban J connectivity index is 2.18. The highest BCUT2D eigenvalue weighted by Gasteiger charge is 2.26. The van der Waals surface area contributed by atoms with Crippen molar-refractivity contribution in [1.82, 2.24) is 4.98 Å². The van der Waals surface area contributed by atoms with Crippen LogP contribution in [0.25, 0.3) is 11.1 Å². The van der Waals surface area contributed by atoms with Crippen LogP contribution < -0.4 is 0 Å². The lowest BCUT2D eigenvalue weighted by molar-refractivity contribution is 0.827. The molecule has 1 aromatic heterocycles. The molecule has 3 rings (SSSR count). The zero-order valence-corrected chi connectivity index (χ0v) is 14.1. The van der Waals surface area contributed by atoms with Crippen molar-refractivity contribution < 1.29 is 0 Å². The van der Waals surface area contributed by atoms with E-state index in [2.05, 4.69) is 51.7 Å². The molecule has 0 bridgehead atoms. The van der Waals surface area contributed by atoms with Gasteiger partial charge in [-0.2, -0.15) is 0 Å². The average molecular weight is 281 g/mol. The van der Waals surface area contributed by atoms with E-state index in [-0.39, 0.29) is 0 Å². The van der Waals surface area contributed by atoms with Gasteiger partial charge in [0.05, 0.1) is 0 Å². The summed E-state index contributed by atoms with van der Waals surface area (Å²) in [6, 6.07) is 4.61. The van der Waals surface area contributed by atoms with Crippen molar-refractivity contribution in [2.75, 3.05) is 0 Å². The second-order valence-electron chi connectivity index (χ2n) is 6.76. The molecule has 1 aromatic carbocycles. The topological polar surface area (TPSA) is 15.8 Å². The summed E-state index contributed by atoms with van der Waals surface area (Å²) >= 11 is 0. The number of hydrogen-bond acceptors (Lipinski definition) is 0. The monoisotopic (exact) mass is 281 g/mol. The lowest BCUT2D eigenvalue weighted by atomic mass is 9.89. The molecule has 0 radical (unpaired) electrons. The third-order valence-corrected chi connectivity index (χ3v) is 5.27. The Bertz CT molecular complexity index is 672. The van der Waals surface area contributed by atoms with E-state index >= 15 is 0 Å². The van der Waals surface area contributed by atoms with Crippen LogP contribution in [0.5, 0.6) is 0 Å². The van der Waals surface area contributed by atoms with Gasteiger partial charge in [0.15, 0.2) is 0 Å². The smallest absolute Gasteiger partial charge is 0.0229 e. The second-order valence-corrected chi connectivity index (χ2v) is 6.76. The van der Waals surface area contributed by atoms with Crippen molar-refractivity contribution in [3.8, 4) is 11.1 Å². The summed E-state index contributed by atoms with van der Waals surface area (Å²) in [5.41, 5.74) is 11.6. The molecule has 1 fully saturated rings. The minimum Gasteiger partial charge on any atom is -0.362 e. The summed E-state index contributed by atoms with van der Waals surface area (Å²) in [7, 11) is 0. The number of aromatic nitrogens is 1. The Labute approximate surface area is 128 Å². The van der Waals surface area contributed by atoms with E-state index in [0.717, 1.165) is 12.3 Å². The van der Waals surface area contributed by atoms with Crippen LogP contribution in [0.2, 0.25) is 0 Å². The van der Waals surface area contributed by atoms with Crippen molar-refractivity contribution in [3.05, 3.63) is 45.8 Å². The predicted octanol–water partition coefficient (Wildman–Crippen LogP) is 5.43. The Kier molecular flexibility index (Phi) is 3.69. The van der Waals surface area contributed by atoms with Gasteiger partial charge in [0.2, 0.25) is 0 Å². The van der Waals surface area contributed by atoms with E-state index in [4.69, 9.17) is 0 Å². The predicted molar refractivity (Wildman–Crippen MR) is 91.0 cm³/mol. The van der Waals surface area contributed by atoms with Crippen LogP contribution in [-0.2, 0) is 12.8 Å². The number of rotatable bonds is 4. The molecule has 21 heavy (non-hydrogen) atoms. The lowest BCUT2D eigenvalue weighted by Gasteiger charge is -2.14. The molecule has 0 atom stereocenters. The van der Waals surface area contributed by atoms with E-state index in [1.54, 1.807) is 5.56 Å². The Morgan fingerprint density at radius 1 is 1.05 bits per heavy atom. The third-order valence-electron chi connectivity index (χ3n) is 5.27. The summed E-state index contributed by atoms with van der Waals surface area (Å²) < 4.78 is 0. The quantitative estimate of drug-likeness (QED) is 0.769. The van der Waals surface area contributed by atoms with Crippen LogP contribution >= 0.6 is 0 Å². The first-order chi connectivity index (χ1) is 10.0. The van der Waals surface area contributed by atoms with E-state index in [1.165, 1.54) is 58.5 Å². The van der Waals surface area contributed by atoms with Crippen molar-refractivity contribution in [2.45, 2.75) is 60.3 Å². The summed E-state index contributed by atoms with van der Waals surface area (Å²) in [6.07, 6.45) is 5.16. The summed E-state index contributed by atoms with van der Waals surface area (Å²) in [5.74, 6) is 0.926. The van der Waals surface area contributed by atoms with Crippen LogP contribution in [0.1, 0.15) is 53.4 Å². The highest BCUT2D eigenvalue weighted by molar-refractivity contribution is 5.76. The Hall–Kier alpha value is -1.50. The molecule has 1 aliphatic rings. The van der Waals surface area contributed by atoms with Gasteiger partial charge in [-0.05, 0) is 87.1 Å². The fourth-order valence-electron chi connectivity index (χ4n) is 3.42. The maximum atomic E-state index is 3.66. The standard InChI is InChI=1S/C20H27N/c1-6-19-20(17-10-7-12(2)13(3)14(17)4)18(15(5)21-19)11-16-8-9-16/h7,10,16,21H,6,8-9,11H2,1-5H3. The summed E-state index contributed by atoms with van der Waals surface area (Å²) in [6.45, 7) is 11.2. The van der Waals surface area contributed by atoms with Crippen LogP contribution in [0.3, 0.4) is 0 Å². The molecule has 0 aliphatic heterocycles. The van der Waals surface area contributed by atoms with Crippen LogP contribution in [-0.4, -0.2) is 4.98 Å². The van der Waals surface area contributed by atoms with E-state index < -0.39 is 0 Å². The van der Waals surface area contributed by atoms with Gasteiger partial charge in [-0.15, -0.1) is 0 Å². The van der Waals surface area contributed by atoms with Gasteiger partial charge in [0.25, 0.3) is 0 Å². The van der Waals surface area contributed by atoms with Gasteiger partial charge in [0, 0.05) is 17.0 Å². The number of nitrogens with one attached hydrogen (secondary N) is 1. The lowest BCUT2D eigenvalue weighted by Crippen LogP contribution is -1.96. The Morgan fingerprint density at radius 2 is 1.76 bits per heavy atom. The van der Waals surface area contributed by atoms with Crippen LogP contribution in [0.4, 0.5) is 0 Å². The van der Waals surface area contributed by atoms with E-state index in [0.29, 0.717) is 0 Å². The van der Waals surface area contributed by atoms with E-state index in [1.807, 2.05) is 0 Å². The van der Waals surface area contributed by atoms with Crippen molar-refractivity contribution in [3.63, 3.8) is 0 Å². The second kappa shape index (κ2) is 5.36. The highest BCUT2D eigenvalue weighted by Crippen LogP contribution is 2.40. The minimum atomic E-state index is 0.926. The molecule has 112 valence electrons. The van der Waals surface area contributed by atoms with Crippen molar-refractivity contribution in [1.29, 1.82) is 0 Å². The van der Waals surface area contributed by atoms with E-state index in [9.17, 15) is 0 Å². The minimum absolute atomic E-state index is 0.926. The normalized spacial score (nSPS) is 14.7. The fraction of sp³-hybridized carbons (Fsp3) is 0.500. The summed E-state index contributed by atoms with van der Waals surface area (Å²) in [4.78, 5) is 3.66. The first-order valence-electron chi connectivity index (χ1n) is 8.30. The molecular formula is C20H27N. The molecule has 1 saturated carbocycles. The fourth-order valence-corrected chi connectivity index (χ4v) is 3.42. The molecule has 2 aromatic rings. The number of hydrogen-bond donors (Lipinski definition) is 1. The third kappa shape index (κ3) is 2.54. The molecule has 0 unspecified atom stereocenters. The first-order valence-corrected chi connectivity index (χ1v) is 8.30. The number of H-pyrrole nitrogens is 1. The molecule has 0 spiro atoms. The van der Waals surface area contributed by atoms with Gasteiger partial charge >= 0.3 is 0 Å². The molecule has 1 heterocycles. The molecule has 1 nitrogen and oxygen atoms in total. The maximum absolute atomic E-state index is 3.66. The van der Waals surface area contributed by atoms with Crippen molar-refractivity contribution >= 4 is 0 Å². The number of benzene rings is 1. The van der Waals surface area contributed by atoms with Crippen LogP contribution in [0, 0.1) is 33.6 Å². The summed E-state index contributed by atoms with van der Waals surface area (Å²) in [5, 5.41) is 0. The molecule has 1 heteroatoms. The molecule has 1 N–H and O–H groups in total. The molecule has 1 aliphatic carbocycles.